The first-order valence-corrected chi connectivity index (χ1v) is 9.92. The molecule has 0 aliphatic heterocycles. The van der Waals surface area contributed by atoms with E-state index in [1.807, 2.05) is 0 Å². The SMILES string of the molecule is O=C(O)COc1ccc(NC(=O)c2cccc(C(=O)Nc3ccc(OCC(=O)O)cc3)c2)cc1. The first-order chi connectivity index (χ1) is 16.3. The van der Waals surface area contributed by atoms with Crippen molar-refractivity contribution < 1.29 is 38.9 Å². The highest BCUT2D eigenvalue weighted by atomic mass is 16.5. The van der Waals surface area contributed by atoms with E-state index in [0.717, 1.165) is 0 Å². The third kappa shape index (κ3) is 7.09. The molecule has 4 N–H and O–H groups in total. The summed E-state index contributed by atoms with van der Waals surface area (Å²) in [6.07, 6.45) is 0. The quantitative estimate of drug-likeness (QED) is 0.357. The number of amides is 2. The minimum absolute atomic E-state index is 0.260. The molecule has 0 aliphatic rings. The Balaban J connectivity index is 1.60. The highest BCUT2D eigenvalue weighted by Crippen LogP contribution is 2.19. The van der Waals surface area contributed by atoms with Crippen LogP contribution in [0.4, 0.5) is 11.4 Å². The van der Waals surface area contributed by atoms with Gasteiger partial charge < -0.3 is 30.3 Å². The number of hydrogen-bond acceptors (Lipinski definition) is 6. The summed E-state index contributed by atoms with van der Waals surface area (Å²) < 4.78 is 10.1. The fourth-order valence-electron chi connectivity index (χ4n) is 2.77. The number of ether oxygens (including phenoxy) is 2. The van der Waals surface area contributed by atoms with Gasteiger partial charge in [0, 0.05) is 22.5 Å². The molecule has 10 nitrogen and oxygen atoms in total. The molecule has 0 bridgehead atoms. The van der Waals surface area contributed by atoms with Crippen molar-refractivity contribution in [2.45, 2.75) is 0 Å². The van der Waals surface area contributed by atoms with Crippen LogP contribution in [0, 0.1) is 0 Å². The van der Waals surface area contributed by atoms with Crippen molar-refractivity contribution in [3.8, 4) is 11.5 Å². The maximum absolute atomic E-state index is 12.6. The first kappa shape index (κ1) is 23.8. The Hall–Kier alpha value is -4.86. The van der Waals surface area contributed by atoms with Gasteiger partial charge in [0.25, 0.3) is 11.8 Å². The summed E-state index contributed by atoms with van der Waals surface area (Å²) in [5.41, 5.74) is 1.45. The maximum atomic E-state index is 12.6. The number of nitrogens with one attached hydrogen (secondary N) is 2. The number of carboxylic acids is 2. The Morgan fingerprint density at radius 3 is 1.35 bits per heavy atom. The predicted octanol–water partition coefficient (Wildman–Crippen LogP) is 3.12. The van der Waals surface area contributed by atoms with Crippen LogP contribution >= 0.6 is 0 Å². The lowest BCUT2D eigenvalue weighted by Crippen LogP contribution is -2.15. The van der Waals surface area contributed by atoms with Gasteiger partial charge in [-0.05, 0) is 66.7 Å². The molecule has 2 amide bonds. The normalized spacial score (nSPS) is 10.1. The summed E-state index contributed by atoms with van der Waals surface area (Å²) in [6, 6.07) is 18.5. The fourth-order valence-corrected chi connectivity index (χ4v) is 2.77. The van der Waals surface area contributed by atoms with E-state index in [2.05, 4.69) is 10.6 Å². The Labute approximate surface area is 193 Å². The molecule has 0 aromatic heterocycles. The van der Waals surface area contributed by atoms with E-state index in [1.165, 1.54) is 30.3 Å². The topological polar surface area (TPSA) is 151 Å². The lowest BCUT2D eigenvalue weighted by Gasteiger charge is -2.09. The van der Waals surface area contributed by atoms with Gasteiger partial charge in [-0.1, -0.05) is 6.07 Å². The molecular formula is C24H20N2O8. The molecule has 0 spiro atoms. The Morgan fingerprint density at radius 2 is 1.00 bits per heavy atom. The molecule has 3 aromatic carbocycles. The molecule has 0 aliphatic carbocycles. The van der Waals surface area contributed by atoms with E-state index in [1.54, 1.807) is 42.5 Å². The highest BCUT2D eigenvalue weighted by Gasteiger charge is 2.12. The first-order valence-electron chi connectivity index (χ1n) is 9.92. The molecule has 10 heteroatoms. The number of hydrogen-bond donors (Lipinski definition) is 4. The van der Waals surface area contributed by atoms with E-state index < -0.39 is 37.0 Å². The van der Waals surface area contributed by atoms with Crippen LogP contribution in [0.5, 0.6) is 11.5 Å². The van der Waals surface area contributed by atoms with Crippen molar-refractivity contribution in [3.05, 3.63) is 83.9 Å². The van der Waals surface area contributed by atoms with Crippen molar-refractivity contribution in [1.82, 2.24) is 0 Å². The zero-order valence-corrected chi connectivity index (χ0v) is 17.7. The Bertz CT molecular complexity index is 1100. The van der Waals surface area contributed by atoms with Gasteiger partial charge in [-0.3, -0.25) is 9.59 Å². The minimum atomic E-state index is -1.09. The van der Waals surface area contributed by atoms with Gasteiger partial charge in [0.2, 0.25) is 0 Å². The number of carbonyl (C=O) groups is 4. The van der Waals surface area contributed by atoms with E-state index in [4.69, 9.17) is 19.7 Å². The average Bonchev–Trinajstić information content (AvgIpc) is 2.83. The van der Waals surface area contributed by atoms with Crippen LogP contribution in [0.1, 0.15) is 20.7 Å². The lowest BCUT2D eigenvalue weighted by atomic mass is 10.1. The monoisotopic (exact) mass is 464 g/mol. The number of rotatable bonds is 10. The molecule has 0 unspecified atom stereocenters. The third-order valence-electron chi connectivity index (χ3n) is 4.34. The molecule has 0 saturated carbocycles. The second-order valence-electron chi connectivity index (χ2n) is 6.90. The maximum Gasteiger partial charge on any atom is 0.341 e. The van der Waals surface area contributed by atoms with Crippen LogP contribution in [-0.2, 0) is 9.59 Å². The zero-order valence-electron chi connectivity index (χ0n) is 17.7. The van der Waals surface area contributed by atoms with Crippen LogP contribution < -0.4 is 20.1 Å². The minimum Gasteiger partial charge on any atom is -0.482 e. The number of benzene rings is 3. The fraction of sp³-hybridized carbons (Fsp3) is 0.0833. The molecule has 0 radical (unpaired) electrons. The van der Waals surface area contributed by atoms with E-state index >= 15 is 0 Å². The smallest absolute Gasteiger partial charge is 0.341 e. The van der Waals surface area contributed by atoms with Gasteiger partial charge in [-0.15, -0.1) is 0 Å². The highest BCUT2D eigenvalue weighted by molar-refractivity contribution is 6.08. The van der Waals surface area contributed by atoms with Gasteiger partial charge in [-0.2, -0.15) is 0 Å². The standard InChI is InChI=1S/C24H20N2O8/c27-21(28)13-33-19-8-4-17(5-9-19)25-23(31)15-2-1-3-16(12-15)24(32)26-18-6-10-20(11-7-18)34-14-22(29)30/h1-12H,13-14H2,(H,25,31)(H,26,32)(H,27,28)(H,29,30). The molecule has 3 aromatic rings. The Kier molecular flexibility index (Phi) is 7.79. The summed E-state index contributed by atoms with van der Waals surface area (Å²) in [5.74, 6) is -2.37. The van der Waals surface area contributed by atoms with Crippen LogP contribution in [-0.4, -0.2) is 47.2 Å². The van der Waals surface area contributed by atoms with Gasteiger partial charge in [0.05, 0.1) is 0 Å². The zero-order chi connectivity index (χ0) is 24.5. The molecular weight excluding hydrogens is 444 g/mol. The van der Waals surface area contributed by atoms with E-state index in [9.17, 15) is 19.2 Å². The summed E-state index contributed by atoms with van der Waals surface area (Å²) in [7, 11) is 0. The second kappa shape index (κ2) is 11.1. The van der Waals surface area contributed by atoms with Crippen LogP contribution in [0.3, 0.4) is 0 Å². The molecule has 3 rings (SSSR count). The van der Waals surface area contributed by atoms with E-state index in [-0.39, 0.29) is 11.1 Å². The molecule has 34 heavy (non-hydrogen) atoms. The van der Waals surface area contributed by atoms with Gasteiger partial charge >= 0.3 is 11.9 Å². The third-order valence-corrected chi connectivity index (χ3v) is 4.34. The average molecular weight is 464 g/mol. The number of carboxylic acid groups (broad SMARTS) is 2. The van der Waals surface area contributed by atoms with Crippen LogP contribution in [0.25, 0.3) is 0 Å². The molecule has 0 heterocycles. The lowest BCUT2D eigenvalue weighted by molar-refractivity contribution is -0.140. The summed E-state index contributed by atoms with van der Waals surface area (Å²) in [4.78, 5) is 46.3. The van der Waals surface area contributed by atoms with Crippen molar-refractivity contribution in [1.29, 1.82) is 0 Å². The molecule has 0 fully saturated rings. The summed E-state index contributed by atoms with van der Waals surface area (Å²) >= 11 is 0. The molecule has 174 valence electrons. The predicted molar refractivity (Wildman–Crippen MR) is 121 cm³/mol. The molecule has 0 atom stereocenters. The Morgan fingerprint density at radius 1 is 0.618 bits per heavy atom. The summed E-state index contributed by atoms with van der Waals surface area (Å²) in [6.45, 7) is -0.938. The van der Waals surface area contributed by atoms with Crippen LogP contribution in [0.2, 0.25) is 0 Å². The number of aliphatic carboxylic acids is 2. The van der Waals surface area contributed by atoms with Gasteiger partial charge in [0.15, 0.2) is 13.2 Å². The number of carbonyl (C=O) groups excluding carboxylic acids is 2. The van der Waals surface area contributed by atoms with Gasteiger partial charge in [0.1, 0.15) is 11.5 Å². The largest absolute Gasteiger partial charge is 0.482 e. The van der Waals surface area contributed by atoms with Crippen molar-refractivity contribution in [2.24, 2.45) is 0 Å². The van der Waals surface area contributed by atoms with Crippen molar-refractivity contribution in [2.75, 3.05) is 23.8 Å². The van der Waals surface area contributed by atoms with Gasteiger partial charge in [-0.25, -0.2) is 9.59 Å². The van der Waals surface area contributed by atoms with Crippen molar-refractivity contribution in [3.63, 3.8) is 0 Å². The number of anilines is 2. The van der Waals surface area contributed by atoms with Crippen LogP contribution in [0.15, 0.2) is 72.8 Å². The van der Waals surface area contributed by atoms with Crippen molar-refractivity contribution >= 4 is 35.1 Å². The van der Waals surface area contributed by atoms with E-state index in [0.29, 0.717) is 22.9 Å². The second-order valence-corrected chi connectivity index (χ2v) is 6.90. The summed E-state index contributed by atoms with van der Waals surface area (Å²) in [5, 5.41) is 22.7. The molecule has 0 saturated heterocycles.